The monoisotopic (exact) mass is 311 g/mol. The Balaban J connectivity index is 1.76. The molecule has 1 atom stereocenters. The van der Waals surface area contributed by atoms with Crippen LogP contribution in [0.2, 0.25) is 0 Å². The van der Waals surface area contributed by atoms with E-state index >= 15 is 0 Å². The van der Waals surface area contributed by atoms with Crippen LogP contribution in [-0.4, -0.2) is 25.0 Å². The minimum Gasteiger partial charge on any atom is -0.492 e. The first-order chi connectivity index (χ1) is 11.2. The quantitative estimate of drug-likeness (QED) is 0.564. The largest absolute Gasteiger partial charge is 0.492 e. The fourth-order valence-corrected chi connectivity index (χ4v) is 2.52. The molecule has 2 rings (SSSR count). The van der Waals surface area contributed by atoms with Crippen LogP contribution in [0.1, 0.15) is 36.2 Å². The topological polar surface area (TPSA) is 38.3 Å². The maximum atomic E-state index is 11.9. The molecule has 0 saturated heterocycles. The Kier molecular flexibility index (Phi) is 6.82. The van der Waals surface area contributed by atoms with Crippen LogP contribution in [0, 0.1) is 0 Å². The number of benzene rings is 2. The summed E-state index contributed by atoms with van der Waals surface area (Å²) in [5.74, 6) is 0.794. The Morgan fingerprint density at radius 3 is 2.52 bits per heavy atom. The molecule has 2 aromatic carbocycles. The van der Waals surface area contributed by atoms with Gasteiger partial charge in [0.15, 0.2) is 5.78 Å². The van der Waals surface area contributed by atoms with Crippen molar-refractivity contribution >= 4 is 5.78 Å². The Morgan fingerprint density at radius 1 is 1.09 bits per heavy atom. The second-order valence-electron chi connectivity index (χ2n) is 5.67. The van der Waals surface area contributed by atoms with Crippen molar-refractivity contribution in [3.63, 3.8) is 0 Å². The SMILES string of the molecule is CCC(=O)c1ccccc1OCCNC(C)Cc1ccccc1. The van der Waals surface area contributed by atoms with Gasteiger partial charge in [0.05, 0.1) is 5.56 Å². The average molecular weight is 311 g/mol. The van der Waals surface area contributed by atoms with Gasteiger partial charge < -0.3 is 10.1 Å². The van der Waals surface area contributed by atoms with Crippen molar-refractivity contribution in [1.82, 2.24) is 5.32 Å². The normalized spacial score (nSPS) is 11.9. The molecule has 1 N–H and O–H groups in total. The van der Waals surface area contributed by atoms with Crippen molar-refractivity contribution in [2.24, 2.45) is 0 Å². The molecule has 0 spiro atoms. The van der Waals surface area contributed by atoms with E-state index in [4.69, 9.17) is 4.74 Å². The molecule has 0 fully saturated rings. The van der Waals surface area contributed by atoms with Crippen molar-refractivity contribution in [1.29, 1.82) is 0 Å². The molecule has 1 unspecified atom stereocenters. The molecule has 0 saturated carbocycles. The molecular formula is C20H25NO2. The third-order valence-electron chi connectivity index (χ3n) is 3.75. The lowest BCUT2D eigenvalue weighted by Gasteiger charge is -2.15. The third-order valence-corrected chi connectivity index (χ3v) is 3.75. The van der Waals surface area contributed by atoms with Gasteiger partial charge in [0.25, 0.3) is 0 Å². The van der Waals surface area contributed by atoms with Crippen molar-refractivity contribution < 1.29 is 9.53 Å². The lowest BCUT2D eigenvalue weighted by Crippen LogP contribution is -2.31. The number of nitrogens with one attached hydrogen (secondary N) is 1. The van der Waals surface area contributed by atoms with Gasteiger partial charge in [-0.15, -0.1) is 0 Å². The summed E-state index contributed by atoms with van der Waals surface area (Å²) < 4.78 is 5.78. The van der Waals surface area contributed by atoms with Crippen molar-refractivity contribution in [3.8, 4) is 5.75 Å². The highest BCUT2D eigenvalue weighted by molar-refractivity contribution is 5.98. The number of Topliss-reactive ketones (excluding diaryl/α,β-unsaturated/α-hetero) is 1. The maximum Gasteiger partial charge on any atom is 0.166 e. The summed E-state index contributed by atoms with van der Waals surface area (Å²) in [4.78, 5) is 11.9. The molecule has 0 radical (unpaired) electrons. The highest BCUT2D eigenvalue weighted by Crippen LogP contribution is 2.19. The number of ether oxygens (including phenoxy) is 1. The molecule has 0 aliphatic heterocycles. The van der Waals surface area contributed by atoms with Gasteiger partial charge in [-0.05, 0) is 31.0 Å². The van der Waals surface area contributed by atoms with E-state index in [0.717, 1.165) is 13.0 Å². The van der Waals surface area contributed by atoms with Crippen molar-refractivity contribution in [3.05, 3.63) is 65.7 Å². The van der Waals surface area contributed by atoms with E-state index in [1.807, 2.05) is 37.3 Å². The van der Waals surface area contributed by atoms with Crippen LogP contribution in [-0.2, 0) is 6.42 Å². The molecule has 0 aliphatic carbocycles. The van der Waals surface area contributed by atoms with Crippen LogP contribution in [0.4, 0.5) is 0 Å². The highest BCUT2D eigenvalue weighted by atomic mass is 16.5. The van der Waals surface area contributed by atoms with E-state index in [0.29, 0.717) is 30.4 Å². The molecule has 0 aliphatic rings. The number of carbonyl (C=O) groups excluding carboxylic acids is 1. The smallest absolute Gasteiger partial charge is 0.166 e. The van der Waals surface area contributed by atoms with Crippen molar-refractivity contribution in [2.45, 2.75) is 32.7 Å². The summed E-state index contributed by atoms with van der Waals surface area (Å²) in [6, 6.07) is 18.3. The summed E-state index contributed by atoms with van der Waals surface area (Å²) in [5, 5.41) is 3.45. The average Bonchev–Trinajstić information content (AvgIpc) is 2.59. The van der Waals surface area contributed by atoms with Crippen LogP contribution >= 0.6 is 0 Å². The van der Waals surface area contributed by atoms with Crippen LogP contribution < -0.4 is 10.1 Å². The number of hydrogen-bond acceptors (Lipinski definition) is 3. The fourth-order valence-electron chi connectivity index (χ4n) is 2.52. The van der Waals surface area contributed by atoms with Gasteiger partial charge in [-0.1, -0.05) is 49.4 Å². The number of carbonyl (C=O) groups is 1. The molecule has 0 heterocycles. The van der Waals surface area contributed by atoms with Gasteiger partial charge in [0.2, 0.25) is 0 Å². The van der Waals surface area contributed by atoms with Crippen LogP contribution in [0.3, 0.4) is 0 Å². The Morgan fingerprint density at radius 2 is 1.78 bits per heavy atom. The van der Waals surface area contributed by atoms with E-state index in [9.17, 15) is 4.79 Å². The minimum atomic E-state index is 0.117. The lowest BCUT2D eigenvalue weighted by atomic mass is 10.1. The second-order valence-corrected chi connectivity index (χ2v) is 5.67. The number of rotatable bonds is 9. The summed E-state index contributed by atoms with van der Waals surface area (Å²) in [7, 11) is 0. The Bertz CT molecular complexity index is 610. The molecule has 0 amide bonds. The van der Waals surface area contributed by atoms with Crippen molar-refractivity contribution in [2.75, 3.05) is 13.2 Å². The first-order valence-electron chi connectivity index (χ1n) is 8.23. The Labute approximate surface area is 138 Å². The number of ketones is 1. The van der Waals surface area contributed by atoms with Gasteiger partial charge in [-0.25, -0.2) is 0 Å². The number of hydrogen-bond donors (Lipinski definition) is 1. The van der Waals surface area contributed by atoms with Gasteiger partial charge in [0.1, 0.15) is 12.4 Å². The zero-order chi connectivity index (χ0) is 16.5. The molecule has 2 aromatic rings. The second kappa shape index (κ2) is 9.11. The summed E-state index contributed by atoms with van der Waals surface area (Å²) >= 11 is 0. The first-order valence-corrected chi connectivity index (χ1v) is 8.23. The molecule has 0 aromatic heterocycles. The lowest BCUT2D eigenvalue weighted by molar-refractivity contribution is 0.0984. The highest BCUT2D eigenvalue weighted by Gasteiger charge is 2.10. The standard InChI is InChI=1S/C20H25NO2/c1-3-19(22)18-11-7-8-12-20(18)23-14-13-21-16(2)15-17-9-5-4-6-10-17/h4-12,16,21H,3,13-15H2,1-2H3. The summed E-state index contributed by atoms with van der Waals surface area (Å²) in [6.07, 6.45) is 1.48. The van der Waals surface area contributed by atoms with E-state index in [2.05, 4.69) is 36.5 Å². The molecule has 23 heavy (non-hydrogen) atoms. The maximum absolute atomic E-state index is 11.9. The van der Waals surface area contributed by atoms with E-state index in [1.54, 1.807) is 0 Å². The molecule has 3 heteroatoms. The van der Waals surface area contributed by atoms with Gasteiger partial charge in [0, 0.05) is 19.0 Å². The van der Waals surface area contributed by atoms with E-state index < -0.39 is 0 Å². The predicted molar refractivity (Wildman–Crippen MR) is 94.2 cm³/mol. The van der Waals surface area contributed by atoms with Gasteiger partial charge in [-0.3, -0.25) is 4.79 Å². The van der Waals surface area contributed by atoms with Crippen LogP contribution in [0.5, 0.6) is 5.75 Å². The minimum absolute atomic E-state index is 0.117. The van der Waals surface area contributed by atoms with Gasteiger partial charge in [-0.2, -0.15) is 0 Å². The zero-order valence-corrected chi connectivity index (χ0v) is 13.9. The third kappa shape index (κ3) is 5.53. The predicted octanol–water partition coefficient (Wildman–Crippen LogP) is 3.88. The fraction of sp³-hybridized carbons (Fsp3) is 0.350. The zero-order valence-electron chi connectivity index (χ0n) is 13.9. The van der Waals surface area contributed by atoms with E-state index in [-0.39, 0.29) is 5.78 Å². The molecule has 122 valence electrons. The molecular weight excluding hydrogens is 286 g/mol. The summed E-state index contributed by atoms with van der Waals surface area (Å²) in [6.45, 7) is 5.34. The number of para-hydroxylation sites is 1. The van der Waals surface area contributed by atoms with Gasteiger partial charge >= 0.3 is 0 Å². The molecule has 0 bridgehead atoms. The molecule has 3 nitrogen and oxygen atoms in total. The van der Waals surface area contributed by atoms with Crippen LogP contribution in [0.25, 0.3) is 0 Å². The van der Waals surface area contributed by atoms with E-state index in [1.165, 1.54) is 5.56 Å². The van der Waals surface area contributed by atoms with Crippen LogP contribution in [0.15, 0.2) is 54.6 Å². The summed E-state index contributed by atoms with van der Waals surface area (Å²) in [5.41, 5.74) is 2.00. The Hall–Kier alpha value is -2.13. The first kappa shape index (κ1) is 17.2.